The van der Waals surface area contributed by atoms with Crippen LogP contribution in [0.3, 0.4) is 0 Å². The summed E-state index contributed by atoms with van der Waals surface area (Å²) in [6, 6.07) is 0. The number of halogens is 2. The predicted octanol–water partition coefficient (Wildman–Crippen LogP) is -3.27. The minimum absolute atomic E-state index is 0. The molecule has 0 unspecified atom stereocenters. The standard InChI is InChI=1S/C14H22NO.2ClH.Zr/c1-11(6-5-9-16)12-7-8-13(10-12)15-14(2,3)4;;;/h7-8,15-16H,5-6,9H2,1-4H3;2*1H;/q-1;;;+3/p-2. The Morgan fingerprint density at radius 2 is 1.84 bits per heavy atom. The molecule has 0 aromatic carbocycles. The van der Waals surface area contributed by atoms with Gasteiger partial charge in [0, 0.05) is 12.1 Å². The maximum atomic E-state index is 8.78. The van der Waals surface area contributed by atoms with Crippen LogP contribution in [0.1, 0.15) is 40.5 Å². The van der Waals surface area contributed by atoms with Crippen LogP contribution in [0.5, 0.6) is 0 Å². The molecule has 0 aliphatic heterocycles. The summed E-state index contributed by atoms with van der Waals surface area (Å²) in [4.78, 5) is 0. The summed E-state index contributed by atoms with van der Waals surface area (Å²) in [6.07, 6.45) is 9.25. The molecule has 0 spiro atoms. The van der Waals surface area contributed by atoms with Gasteiger partial charge in [0.1, 0.15) is 0 Å². The molecular formula is C14H22Cl2NOZr. The fraction of sp³-hybridized carbons (Fsp3) is 0.571. The van der Waals surface area contributed by atoms with E-state index >= 15 is 0 Å². The molecule has 0 amide bonds. The van der Waals surface area contributed by atoms with Crippen molar-refractivity contribution < 1.29 is 56.1 Å². The largest absolute Gasteiger partial charge is 3.00 e. The topological polar surface area (TPSA) is 32.3 Å². The Morgan fingerprint density at radius 1 is 1.26 bits per heavy atom. The van der Waals surface area contributed by atoms with E-state index in [-0.39, 0.29) is 63.2 Å². The summed E-state index contributed by atoms with van der Waals surface area (Å²) in [5.41, 5.74) is 3.56. The fourth-order valence-electron chi connectivity index (χ4n) is 1.60. The molecule has 1 radical (unpaired) electrons. The average molecular weight is 382 g/mol. The molecule has 107 valence electrons. The summed E-state index contributed by atoms with van der Waals surface area (Å²) in [7, 11) is 0. The number of aliphatic hydroxyl groups excluding tert-OH is 1. The molecule has 5 heteroatoms. The first kappa shape index (κ1) is 24.5. The van der Waals surface area contributed by atoms with Crippen LogP contribution in [0.15, 0.2) is 29.0 Å². The molecule has 0 atom stereocenters. The van der Waals surface area contributed by atoms with E-state index < -0.39 is 0 Å². The first-order chi connectivity index (χ1) is 7.42. The van der Waals surface area contributed by atoms with Crippen LogP contribution in [0.25, 0.3) is 0 Å². The molecular weight excluding hydrogens is 360 g/mol. The van der Waals surface area contributed by atoms with Crippen LogP contribution in [0, 0.1) is 6.08 Å². The van der Waals surface area contributed by atoms with Crippen molar-refractivity contribution in [2.24, 2.45) is 0 Å². The maximum absolute atomic E-state index is 8.78. The first-order valence-electron chi connectivity index (χ1n) is 5.83. The van der Waals surface area contributed by atoms with E-state index in [2.05, 4.69) is 51.2 Å². The van der Waals surface area contributed by atoms with Crippen molar-refractivity contribution >= 4 is 0 Å². The number of hydrogen-bond acceptors (Lipinski definition) is 2. The Kier molecular flexibility index (Phi) is 14.3. The first-order valence-corrected chi connectivity index (χ1v) is 5.83. The van der Waals surface area contributed by atoms with Gasteiger partial charge in [-0.3, -0.25) is 0 Å². The van der Waals surface area contributed by atoms with Gasteiger partial charge in [0.2, 0.25) is 0 Å². The fourth-order valence-corrected chi connectivity index (χ4v) is 1.60. The molecule has 19 heavy (non-hydrogen) atoms. The third kappa shape index (κ3) is 9.90. The Hall–Kier alpha value is 0.443. The number of rotatable bonds is 4. The molecule has 0 aromatic rings. The molecule has 0 fully saturated rings. The maximum Gasteiger partial charge on any atom is 3.00 e. The summed E-state index contributed by atoms with van der Waals surface area (Å²) in [6.45, 7) is 8.76. The minimum Gasteiger partial charge on any atom is -1.00 e. The van der Waals surface area contributed by atoms with Crippen molar-refractivity contribution in [1.82, 2.24) is 5.32 Å². The van der Waals surface area contributed by atoms with Gasteiger partial charge in [-0.15, -0.1) is 11.6 Å². The smallest absolute Gasteiger partial charge is 1.00 e. The van der Waals surface area contributed by atoms with Crippen molar-refractivity contribution in [3.8, 4) is 0 Å². The van der Waals surface area contributed by atoms with Crippen LogP contribution in [0.2, 0.25) is 0 Å². The second kappa shape index (κ2) is 11.1. The normalized spacial score (nSPS) is 15.7. The molecule has 0 saturated carbocycles. The van der Waals surface area contributed by atoms with Crippen molar-refractivity contribution in [1.29, 1.82) is 0 Å². The van der Waals surface area contributed by atoms with Gasteiger partial charge in [-0.2, -0.15) is 17.7 Å². The summed E-state index contributed by atoms with van der Waals surface area (Å²) < 4.78 is 0. The molecule has 1 aliphatic carbocycles. The number of hydrogen-bond donors (Lipinski definition) is 2. The molecule has 1 rings (SSSR count). The van der Waals surface area contributed by atoms with E-state index in [4.69, 9.17) is 5.11 Å². The molecule has 2 nitrogen and oxygen atoms in total. The van der Waals surface area contributed by atoms with E-state index in [0.29, 0.717) is 0 Å². The van der Waals surface area contributed by atoms with Crippen molar-refractivity contribution in [3.05, 3.63) is 35.1 Å². The summed E-state index contributed by atoms with van der Waals surface area (Å²) in [5, 5.41) is 12.2. The zero-order valence-corrected chi connectivity index (χ0v) is 15.9. The van der Waals surface area contributed by atoms with E-state index in [1.54, 1.807) is 0 Å². The van der Waals surface area contributed by atoms with Crippen molar-refractivity contribution in [2.45, 2.75) is 46.1 Å². The number of nitrogens with one attached hydrogen (secondary N) is 1. The third-order valence-corrected chi connectivity index (χ3v) is 2.37. The quantitative estimate of drug-likeness (QED) is 0.500. The van der Waals surface area contributed by atoms with Gasteiger partial charge < -0.3 is 35.2 Å². The molecule has 0 saturated heterocycles. The van der Waals surface area contributed by atoms with Gasteiger partial charge in [0.15, 0.2) is 0 Å². The van der Waals surface area contributed by atoms with Crippen LogP contribution in [-0.2, 0) is 26.2 Å². The zero-order chi connectivity index (χ0) is 12.2. The van der Waals surface area contributed by atoms with Crippen molar-refractivity contribution in [3.63, 3.8) is 0 Å². The zero-order valence-electron chi connectivity index (χ0n) is 12.0. The van der Waals surface area contributed by atoms with E-state index in [1.165, 1.54) is 5.57 Å². The Balaban J connectivity index is -0.000000853. The SMILES string of the molecule is CC(CCCO)=C1[C-]=C(NC(C)(C)C)C=C1.[Cl-].[Cl-].[Zr+3]. The van der Waals surface area contributed by atoms with Gasteiger partial charge in [0.25, 0.3) is 0 Å². The van der Waals surface area contributed by atoms with Crippen molar-refractivity contribution in [2.75, 3.05) is 6.61 Å². The van der Waals surface area contributed by atoms with Gasteiger partial charge in [-0.1, -0.05) is 19.0 Å². The number of aliphatic hydroxyl groups is 1. The van der Waals surface area contributed by atoms with Crippen LogP contribution in [0.4, 0.5) is 0 Å². The Morgan fingerprint density at radius 3 is 2.32 bits per heavy atom. The minimum atomic E-state index is 0. The molecule has 1 aliphatic rings. The second-order valence-electron chi connectivity index (χ2n) is 5.27. The van der Waals surface area contributed by atoms with Crippen LogP contribution >= 0.6 is 0 Å². The predicted molar refractivity (Wildman–Crippen MR) is 67.8 cm³/mol. The Bertz CT molecular complexity index is 344. The average Bonchev–Trinajstić information content (AvgIpc) is 2.59. The summed E-state index contributed by atoms with van der Waals surface area (Å²) in [5.74, 6) is 0. The molecule has 0 bridgehead atoms. The number of allylic oxidation sites excluding steroid dienone is 5. The summed E-state index contributed by atoms with van der Waals surface area (Å²) >= 11 is 0. The molecule has 0 heterocycles. The van der Waals surface area contributed by atoms with Gasteiger partial charge in [-0.25, -0.2) is 0 Å². The Labute approximate surface area is 148 Å². The van der Waals surface area contributed by atoms with E-state index in [0.717, 1.165) is 24.1 Å². The monoisotopic (exact) mass is 380 g/mol. The van der Waals surface area contributed by atoms with Crippen LogP contribution in [-0.4, -0.2) is 17.3 Å². The molecule has 2 N–H and O–H groups in total. The van der Waals surface area contributed by atoms with Crippen LogP contribution < -0.4 is 30.1 Å². The van der Waals surface area contributed by atoms with Gasteiger partial charge in [-0.05, 0) is 27.2 Å². The second-order valence-corrected chi connectivity index (χ2v) is 5.27. The molecule has 0 aromatic heterocycles. The van der Waals surface area contributed by atoms with Gasteiger partial charge >= 0.3 is 26.2 Å². The third-order valence-electron chi connectivity index (χ3n) is 2.37. The van der Waals surface area contributed by atoms with E-state index in [1.807, 2.05) is 0 Å². The van der Waals surface area contributed by atoms with Gasteiger partial charge in [0.05, 0.1) is 0 Å². The van der Waals surface area contributed by atoms with E-state index in [9.17, 15) is 0 Å².